The molecule has 0 spiro atoms. The molecule has 0 aliphatic carbocycles. The van der Waals surface area contributed by atoms with Crippen LogP contribution in [0, 0.1) is 5.92 Å². The predicted octanol–water partition coefficient (Wildman–Crippen LogP) is 4.06. The van der Waals surface area contributed by atoms with Crippen molar-refractivity contribution in [2.75, 3.05) is 11.9 Å². The van der Waals surface area contributed by atoms with Gasteiger partial charge >= 0.3 is 0 Å². The minimum Gasteiger partial charge on any atom is -0.384 e. The summed E-state index contributed by atoms with van der Waals surface area (Å²) in [7, 11) is 0. The summed E-state index contributed by atoms with van der Waals surface area (Å²) in [6, 6.07) is 7.92. The molecular weight excluding hydrogens is 248 g/mol. The van der Waals surface area contributed by atoms with Crippen LogP contribution in [0.15, 0.2) is 24.3 Å². The molecule has 3 nitrogen and oxygen atoms in total. The normalized spacial score (nSPS) is 12.2. The van der Waals surface area contributed by atoms with E-state index in [4.69, 9.17) is 0 Å². The van der Waals surface area contributed by atoms with E-state index in [0.29, 0.717) is 5.92 Å². The maximum Gasteiger partial charge on any atom is 0.253 e. The highest BCUT2D eigenvalue weighted by molar-refractivity contribution is 5.99. The average Bonchev–Trinajstić information content (AvgIpc) is 2.46. The Kier molecular flexibility index (Phi) is 7.13. The van der Waals surface area contributed by atoms with Gasteiger partial charge in [-0.3, -0.25) is 4.79 Å². The first kappa shape index (κ1) is 16.5. The molecule has 1 aromatic rings. The molecule has 0 aliphatic heterocycles. The van der Waals surface area contributed by atoms with E-state index in [2.05, 4.69) is 38.3 Å². The van der Waals surface area contributed by atoms with E-state index >= 15 is 0 Å². The number of hydrogen-bond acceptors (Lipinski definition) is 2. The first-order valence-electron chi connectivity index (χ1n) is 7.77. The molecule has 0 saturated carbocycles. The fraction of sp³-hybridized carbons (Fsp3) is 0.588. The van der Waals surface area contributed by atoms with E-state index in [-0.39, 0.29) is 11.9 Å². The first-order chi connectivity index (χ1) is 9.63. The van der Waals surface area contributed by atoms with E-state index in [9.17, 15) is 4.79 Å². The minimum absolute atomic E-state index is 0.0172. The second-order valence-corrected chi connectivity index (χ2v) is 5.31. The summed E-state index contributed by atoms with van der Waals surface area (Å²) in [4.78, 5) is 12.4. The molecule has 0 bridgehead atoms. The zero-order chi connectivity index (χ0) is 15.0. The van der Waals surface area contributed by atoms with Crippen LogP contribution in [-0.4, -0.2) is 18.5 Å². The van der Waals surface area contributed by atoms with Crippen LogP contribution in [0.25, 0.3) is 0 Å². The van der Waals surface area contributed by atoms with Gasteiger partial charge in [0, 0.05) is 18.3 Å². The SMILES string of the molecule is CCCNc1ccccc1C(=O)NC(C)C(CC)CC. The van der Waals surface area contributed by atoms with E-state index in [1.807, 2.05) is 24.3 Å². The fourth-order valence-corrected chi connectivity index (χ4v) is 2.49. The lowest BCUT2D eigenvalue weighted by Crippen LogP contribution is -2.38. The maximum atomic E-state index is 12.4. The molecule has 1 aromatic carbocycles. The van der Waals surface area contributed by atoms with Crippen molar-refractivity contribution in [3.05, 3.63) is 29.8 Å². The van der Waals surface area contributed by atoms with Gasteiger partial charge in [-0.05, 0) is 31.4 Å². The Balaban J connectivity index is 2.76. The van der Waals surface area contributed by atoms with Crippen molar-refractivity contribution in [2.24, 2.45) is 5.92 Å². The van der Waals surface area contributed by atoms with Crippen molar-refractivity contribution in [1.29, 1.82) is 0 Å². The molecule has 0 heterocycles. The monoisotopic (exact) mass is 276 g/mol. The van der Waals surface area contributed by atoms with E-state index in [0.717, 1.165) is 37.1 Å². The Morgan fingerprint density at radius 2 is 1.80 bits per heavy atom. The topological polar surface area (TPSA) is 41.1 Å². The van der Waals surface area contributed by atoms with E-state index < -0.39 is 0 Å². The zero-order valence-corrected chi connectivity index (χ0v) is 13.2. The standard InChI is InChI=1S/C17H28N2O/c1-5-12-18-16-11-9-8-10-15(16)17(20)19-13(4)14(6-2)7-3/h8-11,13-14,18H,5-7,12H2,1-4H3,(H,19,20). The lowest BCUT2D eigenvalue weighted by molar-refractivity contribution is 0.0926. The third kappa shape index (κ3) is 4.55. The number of hydrogen-bond donors (Lipinski definition) is 2. The van der Waals surface area contributed by atoms with Crippen molar-refractivity contribution in [1.82, 2.24) is 5.32 Å². The van der Waals surface area contributed by atoms with Gasteiger partial charge in [-0.2, -0.15) is 0 Å². The molecule has 3 heteroatoms. The van der Waals surface area contributed by atoms with Crippen LogP contribution in [0.1, 0.15) is 57.3 Å². The molecular formula is C17H28N2O. The smallest absolute Gasteiger partial charge is 0.253 e. The van der Waals surface area contributed by atoms with Gasteiger partial charge in [0.25, 0.3) is 5.91 Å². The van der Waals surface area contributed by atoms with Gasteiger partial charge in [-0.15, -0.1) is 0 Å². The molecule has 0 fully saturated rings. The molecule has 1 unspecified atom stereocenters. The van der Waals surface area contributed by atoms with Gasteiger partial charge in [0.05, 0.1) is 5.56 Å². The molecule has 0 aromatic heterocycles. The number of nitrogens with one attached hydrogen (secondary N) is 2. The quantitative estimate of drug-likeness (QED) is 0.751. The van der Waals surface area contributed by atoms with Crippen molar-refractivity contribution < 1.29 is 4.79 Å². The number of rotatable bonds is 8. The molecule has 1 atom stereocenters. The van der Waals surface area contributed by atoms with Gasteiger partial charge < -0.3 is 10.6 Å². The second kappa shape index (κ2) is 8.62. The van der Waals surface area contributed by atoms with E-state index in [1.54, 1.807) is 0 Å². The second-order valence-electron chi connectivity index (χ2n) is 5.31. The first-order valence-corrected chi connectivity index (χ1v) is 7.77. The lowest BCUT2D eigenvalue weighted by atomic mass is 9.95. The highest BCUT2D eigenvalue weighted by Crippen LogP contribution is 2.17. The number of carbonyl (C=O) groups excluding carboxylic acids is 1. The fourth-order valence-electron chi connectivity index (χ4n) is 2.49. The van der Waals surface area contributed by atoms with Gasteiger partial charge in [0.2, 0.25) is 0 Å². The summed E-state index contributed by atoms with van der Waals surface area (Å²) in [6.07, 6.45) is 3.22. The average molecular weight is 276 g/mol. The Hall–Kier alpha value is -1.51. The zero-order valence-electron chi connectivity index (χ0n) is 13.2. The molecule has 2 N–H and O–H groups in total. The third-order valence-electron chi connectivity index (χ3n) is 3.85. The van der Waals surface area contributed by atoms with Crippen LogP contribution in [0.2, 0.25) is 0 Å². The minimum atomic E-state index is 0.0172. The highest BCUT2D eigenvalue weighted by atomic mass is 16.1. The molecule has 20 heavy (non-hydrogen) atoms. The van der Waals surface area contributed by atoms with Gasteiger partial charge in [-0.25, -0.2) is 0 Å². The van der Waals surface area contributed by atoms with Crippen molar-refractivity contribution >= 4 is 11.6 Å². The Morgan fingerprint density at radius 1 is 1.15 bits per heavy atom. The molecule has 1 rings (SSSR count). The Bertz CT molecular complexity index is 413. The number of carbonyl (C=O) groups is 1. The van der Waals surface area contributed by atoms with Crippen LogP contribution in [0.5, 0.6) is 0 Å². The number of benzene rings is 1. The van der Waals surface area contributed by atoms with Crippen LogP contribution >= 0.6 is 0 Å². The van der Waals surface area contributed by atoms with E-state index in [1.165, 1.54) is 0 Å². The lowest BCUT2D eigenvalue weighted by Gasteiger charge is -2.23. The Labute approximate surface area is 123 Å². The van der Waals surface area contributed by atoms with Crippen molar-refractivity contribution in [3.8, 4) is 0 Å². The van der Waals surface area contributed by atoms with Crippen LogP contribution < -0.4 is 10.6 Å². The van der Waals surface area contributed by atoms with Gasteiger partial charge in [-0.1, -0.05) is 45.7 Å². The largest absolute Gasteiger partial charge is 0.384 e. The van der Waals surface area contributed by atoms with Crippen molar-refractivity contribution in [2.45, 2.75) is 53.0 Å². The summed E-state index contributed by atoms with van der Waals surface area (Å²) in [5.74, 6) is 0.554. The predicted molar refractivity (Wildman–Crippen MR) is 86.2 cm³/mol. The van der Waals surface area contributed by atoms with Crippen LogP contribution in [0.3, 0.4) is 0 Å². The summed E-state index contributed by atoms with van der Waals surface area (Å²) in [5, 5.41) is 6.45. The molecule has 1 amide bonds. The molecule has 112 valence electrons. The summed E-state index contributed by atoms with van der Waals surface area (Å²) >= 11 is 0. The van der Waals surface area contributed by atoms with Gasteiger partial charge in [0.15, 0.2) is 0 Å². The van der Waals surface area contributed by atoms with Gasteiger partial charge in [0.1, 0.15) is 0 Å². The number of para-hydroxylation sites is 1. The number of amides is 1. The molecule has 0 radical (unpaired) electrons. The third-order valence-corrected chi connectivity index (χ3v) is 3.85. The summed E-state index contributed by atoms with van der Waals surface area (Å²) in [6.45, 7) is 9.44. The van der Waals surface area contributed by atoms with Crippen LogP contribution in [-0.2, 0) is 0 Å². The van der Waals surface area contributed by atoms with Crippen LogP contribution in [0.4, 0.5) is 5.69 Å². The highest BCUT2D eigenvalue weighted by Gasteiger charge is 2.18. The summed E-state index contributed by atoms with van der Waals surface area (Å²) < 4.78 is 0. The van der Waals surface area contributed by atoms with Crippen molar-refractivity contribution in [3.63, 3.8) is 0 Å². The maximum absolute atomic E-state index is 12.4. The number of anilines is 1. The molecule has 0 saturated heterocycles. The Morgan fingerprint density at radius 3 is 2.40 bits per heavy atom. The molecule has 0 aliphatic rings. The summed E-state index contributed by atoms with van der Waals surface area (Å²) in [5.41, 5.74) is 1.65.